The maximum atomic E-state index is 13.3. The Morgan fingerprint density at radius 3 is 2.61 bits per heavy atom. The molecule has 3 aromatic rings. The maximum Gasteiger partial charge on any atom is 0.283 e. The first-order chi connectivity index (χ1) is 16.0. The lowest BCUT2D eigenvalue weighted by Crippen LogP contribution is -2.30. The van der Waals surface area contributed by atoms with Crippen LogP contribution < -0.4 is 14.4 Å². The van der Waals surface area contributed by atoms with E-state index in [0.29, 0.717) is 39.7 Å². The van der Waals surface area contributed by atoms with Gasteiger partial charge in [0.15, 0.2) is 5.17 Å². The summed E-state index contributed by atoms with van der Waals surface area (Å²) in [5, 5.41) is 1.01. The fourth-order valence-corrected chi connectivity index (χ4v) is 4.42. The molecule has 0 aromatic heterocycles. The van der Waals surface area contributed by atoms with Gasteiger partial charge in [-0.3, -0.25) is 9.69 Å². The van der Waals surface area contributed by atoms with Crippen LogP contribution in [0.1, 0.15) is 11.1 Å². The highest BCUT2D eigenvalue weighted by Crippen LogP contribution is 2.34. The molecule has 0 unspecified atom stereocenters. The monoisotopic (exact) mass is 478 g/mol. The number of methoxy groups -OCH3 is 1. The molecular formula is C26H23ClN2O3S. The van der Waals surface area contributed by atoms with Crippen LogP contribution in [-0.4, -0.2) is 30.5 Å². The van der Waals surface area contributed by atoms with Crippen molar-refractivity contribution in [3.63, 3.8) is 0 Å². The predicted octanol–water partition coefficient (Wildman–Crippen LogP) is 6.21. The molecule has 0 saturated carbocycles. The van der Waals surface area contributed by atoms with Crippen molar-refractivity contribution in [1.82, 2.24) is 0 Å². The molecule has 4 rings (SSSR count). The molecule has 1 aliphatic rings. The lowest BCUT2D eigenvalue weighted by Gasteiger charge is -2.19. The Morgan fingerprint density at radius 2 is 1.88 bits per heavy atom. The third kappa shape index (κ3) is 5.59. The smallest absolute Gasteiger partial charge is 0.283 e. The van der Waals surface area contributed by atoms with Gasteiger partial charge in [0.1, 0.15) is 17.2 Å². The van der Waals surface area contributed by atoms with Crippen LogP contribution in [0.4, 0.5) is 5.69 Å². The Balaban J connectivity index is 1.58. The summed E-state index contributed by atoms with van der Waals surface area (Å²) in [6, 6.07) is 22.8. The second-order valence-corrected chi connectivity index (χ2v) is 8.78. The normalized spacial score (nSPS) is 14.5. The highest BCUT2D eigenvalue weighted by atomic mass is 35.5. The van der Waals surface area contributed by atoms with Crippen molar-refractivity contribution in [3.05, 3.63) is 94.6 Å². The minimum atomic E-state index is -0.204. The molecule has 168 valence electrons. The van der Waals surface area contributed by atoms with Gasteiger partial charge < -0.3 is 9.47 Å². The molecule has 1 amide bonds. The summed E-state index contributed by atoms with van der Waals surface area (Å²) in [7, 11) is 1.56. The van der Waals surface area contributed by atoms with Crippen molar-refractivity contribution in [2.75, 3.05) is 24.4 Å². The van der Waals surface area contributed by atoms with Gasteiger partial charge in [-0.2, -0.15) is 0 Å². The number of rotatable bonds is 7. The molecule has 3 aromatic carbocycles. The molecule has 0 fully saturated rings. The van der Waals surface area contributed by atoms with Gasteiger partial charge in [-0.1, -0.05) is 71.4 Å². The molecule has 0 saturated heterocycles. The standard InChI is InChI=1S/C26H23ClN2O3S/c1-18-7-6-8-19(15-18)16-23-25(30)29(20-11-12-24(31-2)22(27)17-20)26(28-23)33-14-13-32-21-9-4-3-5-10-21/h3-12,15-17H,13-14H2,1-2H3. The number of halogens is 1. The average Bonchev–Trinajstić information content (AvgIpc) is 3.12. The van der Waals surface area contributed by atoms with Crippen LogP contribution in [-0.2, 0) is 4.79 Å². The van der Waals surface area contributed by atoms with E-state index in [9.17, 15) is 4.79 Å². The van der Waals surface area contributed by atoms with Crippen LogP contribution >= 0.6 is 23.4 Å². The minimum Gasteiger partial charge on any atom is -0.495 e. The first-order valence-corrected chi connectivity index (χ1v) is 11.8. The zero-order chi connectivity index (χ0) is 23.2. The van der Waals surface area contributed by atoms with Crippen LogP contribution in [0.15, 0.2) is 83.5 Å². The van der Waals surface area contributed by atoms with Crippen LogP contribution in [0, 0.1) is 6.92 Å². The molecule has 0 bridgehead atoms. The summed E-state index contributed by atoms with van der Waals surface area (Å²) >= 11 is 7.80. The molecule has 0 spiro atoms. The summed E-state index contributed by atoms with van der Waals surface area (Å²) < 4.78 is 11.0. The number of ether oxygens (including phenoxy) is 2. The maximum absolute atomic E-state index is 13.3. The molecule has 7 heteroatoms. The largest absolute Gasteiger partial charge is 0.495 e. The van der Waals surface area contributed by atoms with Crippen LogP contribution in [0.5, 0.6) is 11.5 Å². The second-order valence-electron chi connectivity index (χ2n) is 7.31. The third-order valence-corrected chi connectivity index (χ3v) is 6.09. The highest BCUT2D eigenvalue weighted by molar-refractivity contribution is 8.14. The number of thioether (sulfide) groups is 1. The Kier molecular flexibility index (Phi) is 7.37. The first kappa shape index (κ1) is 23.0. The summed E-state index contributed by atoms with van der Waals surface area (Å²) in [4.78, 5) is 19.6. The second kappa shape index (κ2) is 10.6. The lowest BCUT2D eigenvalue weighted by molar-refractivity contribution is -0.113. The number of carbonyl (C=O) groups is 1. The number of carbonyl (C=O) groups excluding carboxylic acids is 1. The van der Waals surface area contributed by atoms with E-state index in [4.69, 9.17) is 21.1 Å². The van der Waals surface area contributed by atoms with Gasteiger partial charge >= 0.3 is 0 Å². The molecule has 1 heterocycles. The Labute approximate surface area is 202 Å². The van der Waals surface area contributed by atoms with Crippen molar-refractivity contribution in [1.29, 1.82) is 0 Å². The SMILES string of the molecule is COc1ccc(N2C(=O)C(=Cc3cccc(C)c3)N=C2SCCOc2ccccc2)cc1Cl. The molecule has 1 aliphatic heterocycles. The number of anilines is 1. The van der Waals surface area contributed by atoms with Crippen molar-refractivity contribution in [2.45, 2.75) is 6.92 Å². The number of hydrogen-bond donors (Lipinski definition) is 0. The number of benzene rings is 3. The summed E-state index contributed by atoms with van der Waals surface area (Å²) in [6.07, 6.45) is 1.81. The van der Waals surface area contributed by atoms with Crippen LogP contribution in [0.2, 0.25) is 5.02 Å². The number of nitrogens with zero attached hydrogens (tertiary/aromatic N) is 2. The molecular weight excluding hydrogens is 456 g/mol. The van der Waals surface area contributed by atoms with E-state index in [-0.39, 0.29) is 5.91 Å². The van der Waals surface area contributed by atoms with Crippen LogP contribution in [0.25, 0.3) is 6.08 Å². The van der Waals surface area contributed by atoms with Gasteiger partial charge in [0.05, 0.1) is 24.4 Å². The summed E-state index contributed by atoms with van der Waals surface area (Å²) in [5.74, 6) is 1.77. The summed E-state index contributed by atoms with van der Waals surface area (Å²) in [5.41, 5.74) is 3.05. The van der Waals surface area contributed by atoms with Gasteiger partial charge in [-0.25, -0.2) is 4.99 Å². The average molecular weight is 479 g/mol. The van der Waals surface area contributed by atoms with Crippen LogP contribution in [0.3, 0.4) is 0 Å². The predicted molar refractivity (Wildman–Crippen MR) is 136 cm³/mol. The zero-order valence-corrected chi connectivity index (χ0v) is 19.9. The molecule has 33 heavy (non-hydrogen) atoms. The zero-order valence-electron chi connectivity index (χ0n) is 18.3. The van der Waals surface area contributed by atoms with Crippen molar-refractivity contribution in [3.8, 4) is 11.5 Å². The van der Waals surface area contributed by atoms with E-state index in [1.807, 2.05) is 67.6 Å². The van der Waals surface area contributed by atoms with Gasteiger partial charge in [-0.05, 0) is 48.9 Å². The summed E-state index contributed by atoms with van der Waals surface area (Å²) in [6.45, 7) is 2.50. The molecule has 0 atom stereocenters. The number of amides is 1. The Bertz CT molecular complexity index is 1210. The number of amidine groups is 1. The van der Waals surface area contributed by atoms with Crippen molar-refractivity contribution in [2.24, 2.45) is 4.99 Å². The van der Waals surface area contributed by atoms with Crippen molar-refractivity contribution < 1.29 is 14.3 Å². The minimum absolute atomic E-state index is 0.204. The Hall–Kier alpha value is -3.22. The third-order valence-electron chi connectivity index (χ3n) is 4.90. The van der Waals surface area contributed by atoms with E-state index >= 15 is 0 Å². The van der Waals surface area contributed by atoms with Crippen molar-refractivity contribution >= 4 is 46.2 Å². The molecule has 0 aliphatic carbocycles. The van der Waals surface area contributed by atoms with E-state index in [0.717, 1.165) is 16.9 Å². The van der Waals surface area contributed by atoms with E-state index in [1.165, 1.54) is 11.8 Å². The molecule has 5 nitrogen and oxygen atoms in total. The molecule has 0 radical (unpaired) electrons. The Morgan fingerprint density at radius 1 is 1.06 bits per heavy atom. The van der Waals surface area contributed by atoms with E-state index in [1.54, 1.807) is 30.2 Å². The number of hydrogen-bond acceptors (Lipinski definition) is 5. The number of aryl methyl sites for hydroxylation is 1. The lowest BCUT2D eigenvalue weighted by atomic mass is 10.1. The fraction of sp³-hybridized carbons (Fsp3) is 0.154. The molecule has 0 N–H and O–H groups in total. The van der Waals surface area contributed by atoms with E-state index in [2.05, 4.69) is 4.99 Å². The topological polar surface area (TPSA) is 51.1 Å². The number of para-hydroxylation sites is 1. The van der Waals surface area contributed by atoms with Gasteiger partial charge in [0, 0.05) is 5.75 Å². The number of aliphatic imine (C=N–C) groups is 1. The first-order valence-electron chi connectivity index (χ1n) is 10.4. The quantitative estimate of drug-likeness (QED) is 0.299. The van der Waals surface area contributed by atoms with Gasteiger partial charge in [0.25, 0.3) is 5.91 Å². The highest BCUT2D eigenvalue weighted by Gasteiger charge is 2.32. The van der Waals surface area contributed by atoms with Gasteiger partial charge in [-0.15, -0.1) is 0 Å². The fourth-order valence-electron chi connectivity index (χ4n) is 3.34. The van der Waals surface area contributed by atoms with Gasteiger partial charge in [0.2, 0.25) is 0 Å². The van der Waals surface area contributed by atoms with E-state index < -0.39 is 0 Å².